The Hall–Kier alpha value is -1.60. The molecule has 1 fully saturated rings. The van der Waals surface area contributed by atoms with Crippen molar-refractivity contribution in [2.24, 2.45) is 11.1 Å². The number of benzene rings is 1. The number of hydrogen-bond acceptors (Lipinski definition) is 4. The maximum Gasteiger partial charge on any atom is 0.255 e. The van der Waals surface area contributed by atoms with Gasteiger partial charge in [-0.05, 0) is 37.0 Å². The number of methoxy groups -OCH3 is 1. The summed E-state index contributed by atoms with van der Waals surface area (Å²) in [6, 6.07) is 3.99. The Labute approximate surface area is 124 Å². The van der Waals surface area contributed by atoms with Crippen molar-refractivity contribution in [3.63, 3.8) is 0 Å². The smallest absolute Gasteiger partial charge is 0.255 e. The van der Waals surface area contributed by atoms with E-state index in [0.29, 0.717) is 12.3 Å². The van der Waals surface area contributed by atoms with Gasteiger partial charge in [-0.1, -0.05) is 12.8 Å². The standard InChI is InChI=1S/C14H20N2O4S/c1-20-13-7-6-11(21(15,18)19)9-12(13)14(17)16-8-2-3-10-4-5-10/h6-7,9-10H,2-5,8H2,1H3,(H,16,17)(H2,15,18,19). The van der Waals surface area contributed by atoms with Crippen molar-refractivity contribution >= 4 is 15.9 Å². The number of carbonyl (C=O) groups excluding carboxylic acids is 1. The molecule has 21 heavy (non-hydrogen) atoms. The topological polar surface area (TPSA) is 98.5 Å². The molecule has 3 N–H and O–H groups in total. The van der Waals surface area contributed by atoms with Gasteiger partial charge in [0.05, 0.1) is 17.6 Å². The van der Waals surface area contributed by atoms with Crippen LogP contribution < -0.4 is 15.2 Å². The van der Waals surface area contributed by atoms with E-state index in [0.717, 1.165) is 18.8 Å². The maximum absolute atomic E-state index is 12.1. The van der Waals surface area contributed by atoms with Gasteiger partial charge in [0.2, 0.25) is 10.0 Å². The van der Waals surface area contributed by atoms with Gasteiger partial charge in [0, 0.05) is 6.54 Å². The molecule has 0 aliphatic heterocycles. The molecule has 7 heteroatoms. The van der Waals surface area contributed by atoms with E-state index in [9.17, 15) is 13.2 Å². The normalized spacial score (nSPS) is 14.8. The summed E-state index contributed by atoms with van der Waals surface area (Å²) in [6.45, 7) is 0.568. The Balaban J connectivity index is 2.05. The first-order chi connectivity index (χ1) is 9.91. The van der Waals surface area contributed by atoms with Crippen LogP contribution in [0.5, 0.6) is 5.75 Å². The summed E-state index contributed by atoms with van der Waals surface area (Å²) in [4.78, 5) is 12.0. The Morgan fingerprint density at radius 3 is 2.71 bits per heavy atom. The third kappa shape index (κ3) is 4.44. The molecular weight excluding hydrogens is 292 g/mol. The molecule has 0 aromatic heterocycles. The molecule has 0 unspecified atom stereocenters. The van der Waals surface area contributed by atoms with Crippen LogP contribution >= 0.6 is 0 Å². The second kappa shape index (κ2) is 6.44. The summed E-state index contributed by atoms with van der Waals surface area (Å²) in [5.74, 6) is 0.789. The highest BCUT2D eigenvalue weighted by Gasteiger charge is 2.21. The van der Waals surface area contributed by atoms with Gasteiger partial charge in [-0.15, -0.1) is 0 Å². The van der Waals surface area contributed by atoms with E-state index in [4.69, 9.17) is 9.88 Å². The minimum atomic E-state index is -3.85. The summed E-state index contributed by atoms with van der Waals surface area (Å²) in [5, 5.41) is 7.86. The van der Waals surface area contributed by atoms with E-state index in [1.54, 1.807) is 0 Å². The van der Waals surface area contributed by atoms with Gasteiger partial charge in [0.25, 0.3) is 5.91 Å². The molecule has 2 rings (SSSR count). The SMILES string of the molecule is COc1ccc(S(N)(=O)=O)cc1C(=O)NCCCC1CC1. The van der Waals surface area contributed by atoms with Crippen LogP contribution in [0.3, 0.4) is 0 Å². The zero-order chi connectivity index (χ0) is 15.5. The van der Waals surface area contributed by atoms with Crippen LogP contribution in [0.2, 0.25) is 0 Å². The highest BCUT2D eigenvalue weighted by Crippen LogP contribution is 2.33. The number of carbonyl (C=O) groups is 1. The predicted molar refractivity (Wildman–Crippen MR) is 78.7 cm³/mol. The van der Waals surface area contributed by atoms with Crippen molar-refractivity contribution in [1.29, 1.82) is 0 Å². The number of nitrogens with one attached hydrogen (secondary N) is 1. The number of hydrogen-bond donors (Lipinski definition) is 2. The average molecular weight is 312 g/mol. The predicted octanol–water partition coefficient (Wildman–Crippen LogP) is 1.26. The molecule has 0 bridgehead atoms. The van der Waals surface area contributed by atoms with Crippen molar-refractivity contribution in [1.82, 2.24) is 5.32 Å². The molecule has 0 heterocycles. The Morgan fingerprint density at radius 1 is 1.43 bits per heavy atom. The lowest BCUT2D eigenvalue weighted by Gasteiger charge is -2.10. The second-order valence-electron chi connectivity index (χ2n) is 5.25. The van der Waals surface area contributed by atoms with Gasteiger partial charge in [0.1, 0.15) is 5.75 Å². The monoisotopic (exact) mass is 312 g/mol. The highest BCUT2D eigenvalue weighted by molar-refractivity contribution is 7.89. The largest absolute Gasteiger partial charge is 0.496 e. The lowest BCUT2D eigenvalue weighted by atomic mass is 10.1. The maximum atomic E-state index is 12.1. The van der Waals surface area contributed by atoms with Crippen molar-refractivity contribution in [3.8, 4) is 5.75 Å². The van der Waals surface area contributed by atoms with Crippen LogP contribution in [0.4, 0.5) is 0 Å². The Kier molecular flexibility index (Phi) is 4.84. The third-order valence-corrected chi connectivity index (χ3v) is 4.43. The van der Waals surface area contributed by atoms with Crippen LogP contribution in [0, 0.1) is 5.92 Å². The minimum absolute atomic E-state index is 0.105. The zero-order valence-electron chi connectivity index (χ0n) is 12.0. The molecule has 6 nitrogen and oxygen atoms in total. The molecule has 1 aliphatic carbocycles. The molecule has 0 atom stereocenters. The van der Waals surface area contributed by atoms with Crippen LogP contribution in [-0.4, -0.2) is 28.0 Å². The summed E-state index contributed by atoms with van der Waals surface area (Å²) in [6.07, 6.45) is 4.62. The van der Waals surface area contributed by atoms with Gasteiger partial charge in [-0.25, -0.2) is 13.6 Å². The van der Waals surface area contributed by atoms with Gasteiger partial charge in [-0.2, -0.15) is 0 Å². The van der Waals surface area contributed by atoms with E-state index in [-0.39, 0.29) is 16.4 Å². The fourth-order valence-electron chi connectivity index (χ4n) is 2.14. The van der Waals surface area contributed by atoms with Crippen molar-refractivity contribution in [3.05, 3.63) is 23.8 Å². The van der Waals surface area contributed by atoms with Gasteiger partial charge in [0.15, 0.2) is 0 Å². The molecule has 116 valence electrons. The summed E-state index contributed by atoms with van der Waals surface area (Å²) in [5.41, 5.74) is 0.176. The number of ether oxygens (including phenoxy) is 1. The molecule has 1 aliphatic rings. The van der Waals surface area contributed by atoms with E-state index in [1.807, 2.05) is 0 Å². The third-order valence-electron chi connectivity index (χ3n) is 3.52. The van der Waals surface area contributed by atoms with Crippen molar-refractivity contribution in [2.75, 3.05) is 13.7 Å². The lowest BCUT2D eigenvalue weighted by molar-refractivity contribution is 0.0949. The quantitative estimate of drug-likeness (QED) is 0.740. The molecule has 1 amide bonds. The first-order valence-electron chi connectivity index (χ1n) is 6.91. The molecule has 0 radical (unpaired) electrons. The number of primary sulfonamides is 1. The van der Waals surface area contributed by atoms with E-state index >= 15 is 0 Å². The van der Waals surface area contributed by atoms with E-state index in [1.165, 1.54) is 38.2 Å². The minimum Gasteiger partial charge on any atom is -0.496 e. The zero-order valence-corrected chi connectivity index (χ0v) is 12.8. The molecule has 1 aromatic rings. The van der Waals surface area contributed by atoms with Gasteiger partial charge >= 0.3 is 0 Å². The van der Waals surface area contributed by atoms with E-state index < -0.39 is 10.0 Å². The van der Waals surface area contributed by atoms with Crippen LogP contribution in [0.1, 0.15) is 36.0 Å². The highest BCUT2D eigenvalue weighted by atomic mass is 32.2. The molecule has 0 spiro atoms. The van der Waals surface area contributed by atoms with Crippen molar-refractivity contribution < 1.29 is 17.9 Å². The first-order valence-corrected chi connectivity index (χ1v) is 8.45. The molecular formula is C14H20N2O4S. The van der Waals surface area contributed by atoms with E-state index in [2.05, 4.69) is 5.32 Å². The number of sulfonamides is 1. The fraction of sp³-hybridized carbons (Fsp3) is 0.500. The number of amides is 1. The average Bonchev–Trinajstić information content (AvgIpc) is 3.25. The van der Waals surface area contributed by atoms with Gasteiger partial charge in [-0.3, -0.25) is 4.79 Å². The fourth-order valence-corrected chi connectivity index (χ4v) is 2.68. The summed E-state index contributed by atoms with van der Waals surface area (Å²) in [7, 11) is -2.42. The molecule has 1 saturated carbocycles. The van der Waals surface area contributed by atoms with Gasteiger partial charge < -0.3 is 10.1 Å². The molecule has 1 aromatic carbocycles. The van der Waals surface area contributed by atoms with Crippen molar-refractivity contribution in [2.45, 2.75) is 30.6 Å². The summed E-state index contributed by atoms with van der Waals surface area (Å²) >= 11 is 0. The Morgan fingerprint density at radius 2 is 2.14 bits per heavy atom. The number of rotatable bonds is 7. The number of nitrogens with two attached hydrogens (primary N) is 1. The van der Waals surface area contributed by atoms with Crippen LogP contribution in [0.25, 0.3) is 0 Å². The lowest BCUT2D eigenvalue weighted by Crippen LogP contribution is -2.25. The Bertz CT molecular complexity index is 624. The van der Waals surface area contributed by atoms with Crippen LogP contribution in [-0.2, 0) is 10.0 Å². The molecule has 0 saturated heterocycles. The first kappa shape index (κ1) is 15.8. The van der Waals surface area contributed by atoms with Crippen LogP contribution in [0.15, 0.2) is 23.1 Å². The summed E-state index contributed by atoms with van der Waals surface area (Å²) < 4.78 is 27.8. The second-order valence-corrected chi connectivity index (χ2v) is 6.81.